The average Bonchev–Trinajstić information content (AvgIpc) is 2.87. The number of rotatable bonds is 9. The van der Waals surface area contributed by atoms with Crippen LogP contribution in [-0.2, 0) is 6.42 Å². The Bertz CT molecular complexity index is 1110. The quantitative estimate of drug-likeness (QED) is 0.277. The standard InChI is InChI=1S/C31H35F3O/c1-3-4-19-35-29-18-16-26(20-28(29)32)23-12-7-22(8-13-23)9-14-25-15-17-27(31(34)30(25)33)24-10-5-21(2)6-11-24/h5-6,10-11,15-18,20,22-23H,3-4,7-9,12-14,19H2,1-2H3. The predicted octanol–water partition coefficient (Wildman–Crippen LogP) is 9.16. The van der Waals surface area contributed by atoms with Crippen molar-refractivity contribution >= 4 is 0 Å². The monoisotopic (exact) mass is 480 g/mol. The predicted molar refractivity (Wildman–Crippen MR) is 136 cm³/mol. The minimum absolute atomic E-state index is 0.285. The van der Waals surface area contributed by atoms with Crippen molar-refractivity contribution in [2.45, 2.75) is 71.1 Å². The van der Waals surface area contributed by atoms with E-state index in [0.717, 1.165) is 56.1 Å². The van der Waals surface area contributed by atoms with E-state index in [2.05, 4.69) is 6.92 Å². The normalized spacial score (nSPS) is 18.0. The third-order valence-electron chi connectivity index (χ3n) is 7.38. The molecule has 4 rings (SSSR count). The first-order valence-corrected chi connectivity index (χ1v) is 12.9. The van der Waals surface area contributed by atoms with Gasteiger partial charge in [-0.15, -0.1) is 0 Å². The fourth-order valence-corrected chi connectivity index (χ4v) is 5.10. The Morgan fingerprint density at radius 2 is 1.60 bits per heavy atom. The molecule has 0 aromatic heterocycles. The minimum Gasteiger partial charge on any atom is -0.491 e. The molecule has 0 atom stereocenters. The third-order valence-corrected chi connectivity index (χ3v) is 7.38. The van der Waals surface area contributed by atoms with Crippen LogP contribution in [0.4, 0.5) is 13.2 Å². The molecule has 0 N–H and O–H groups in total. The summed E-state index contributed by atoms with van der Waals surface area (Å²) in [5.74, 6) is -0.626. The number of benzene rings is 3. The Morgan fingerprint density at radius 3 is 2.29 bits per heavy atom. The SMILES string of the molecule is CCCCOc1ccc(C2CCC(CCc3ccc(-c4ccc(C)cc4)c(F)c3F)CC2)cc1F. The highest BCUT2D eigenvalue weighted by molar-refractivity contribution is 5.65. The number of hydrogen-bond donors (Lipinski definition) is 0. The summed E-state index contributed by atoms with van der Waals surface area (Å²) in [4.78, 5) is 0. The average molecular weight is 481 g/mol. The molecular formula is C31H35F3O. The lowest BCUT2D eigenvalue weighted by Gasteiger charge is -2.29. The Balaban J connectivity index is 1.31. The maximum absolute atomic E-state index is 14.8. The lowest BCUT2D eigenvalue weighted by Crippen LogP contribution is -2.14. The highest BCUT2D eigenvalue weighted by Gasteiger charge is 2.24. The van der Waals surface area contributed by atoms with Crippen LogP contribution < -0.4 is 4.74 Å². The van der Waals surface area contributed by atoms with Gasteiger partial charge in [-0.3, -0.25) is 0 Å². The molecule has 3 aromatic rings. The van der Waals surface area contributed by atoms with Crippen molar-refractivity contribution in [2.24, 2.45) is 5.92 Å². The molecule has 4 heteroatoms. The Kier molecular flexibility index (Phi) is 8.54. The summed E-state index contributed by atoms with van der Waals surface area (Å²) in [6.07, 6.45) is 7.32. The van der Waals surface area contributed by atoms with Crippen molar-refractivity contribution in [3.8, 4) is 16.9 Å². The topological polar surface area (TPSA) is 9.23 Å². The first-order valence-electron chi connectivity index (χ1n) is 12.9. The van der Waals surface area contributed by atoms with E-state index < -0.39 is 11.6 Å². The molecule has 0 unspecified atom stereocenters. The van der Waals surface area contributed by atoms with Gasteiger partial charge < -0.3 is 4.74 Å². The van der Waals surface area contributed by atoms with Crippen LogP contribution in [0.3, 0.4) is 0 Å². The van der Waals surface area contributed by atoms with Crippen molar-refractivity contribution in [1.82, 2.24) is 0 Å². The molecule has 0 heterocycles. The van der Waals surface area contributed by atoms with E-state index in [1.54, 1.807) is 24.3 Å². The van der Waals surface area contributed by atoms with Gasteiger partial charge in [0.2, 0.25) is 0 Å². The van der Waals surface area contributed by atoms with Crippen LogP contribution in [0.15, 0.2) is 54.6 Å². The molecule has 0 spiro atoms. The second kappa shape index (κ2) is 11.8. The van der Waals surface area contributed by atoms with Gasteiger partial charge in [-0.2, -0.15) is 0 Å². The summed E-state index contributed by atoms with van der Waals surface area (Å²) in [5.41, 5.74) is 3.55. The summed E-state index contributed by atoms with van der Waals surface area (Å²) in [5, 5.41) is 0. The zero-order valence-electron chi connectivity index (χ0n) is 20.8. The smallest absolute Gasteiger partial charge is 0.166 e. The zero-order chi connectivity index (χ0) is 24.8. The molecule has 0 radical (unpaired) electrons. The van der Waals surface area contributed by atoms with Gasteiger partial charge in [0.1, 0.15) is 0 Å². The van der Waals surface area contributed by atoms with Crippen LogP contribution in [0.2, 0.25) is 0 Å². The van der Waals surface area contributed by atoms with Crippen LogP contribution in [-0.4, -0.2) is 6.61 Å². The molecule has 1 nitrogen and oxygen atoms in total. The molecule has 3 aromatic carbocycles. The van der Waals surface area contributed by atoms with Gasteiger partial charge in [-0.25, -0.2) is 13.2 Å². The van der Waals surface area contributed by atoms with Crippen LogP contribution in [0.25, 0.3) is 11.1 Å². The summed E-state index contributed by atoms with van der Waals surface area (Å²) >= 11 is 0. The van der Waals surface area contributed by atoms with Gasteiger partial charge >= 0.3 is 0 Å². The molecule has 1 aliphatic carbocycles. The maximum atomic E-state index is 14.8. The van der Waals surface area contributed by atoms with Gasteiger partial charge in [-0.05, 0) is 92.5 Å². The first-order chi connectivity index (χ1) is 17.0. The van der Waals surface area contributed by atoms with Gasteiger partial charge in [0.05, 0.1) is 6.61 Å². The molecule has 0 saturated heterocycles. The first kappa shape index (κ1) is 25.3. The van der Waals surface area contributed by atoms with Crippen LogP contribution in [0.1, 0.15) is 74.5 Å². The second-order valence-corrected chi connectivity index (χ2v) is 9.91. The van der Waals surface area contributed by atoms with Gasteiger partial charge in [-0.1, -0.05) is 61.4 Å². The fourth-order valence-electron chi connectivity index (χ4n) is 5.10. The van der Waals surface area contributed by atoms with E-state index in [9.17, 15) is 13.2 Å². The third kappa shape index (κ3) is 6.28. The Labute approximate surface area is 207 Å². The summed E-state index contributed by atoms with van der Waals surface area (Å²) in [6, 6.07) is 16.2. The van der Waals surface area contributed by atoms with Crippen molar-refractivity contribution in [3.63, 3.8) is 0 Å². The van der Waals surface area contributed by atoms with Crippen LogP contribution >= 0.6 is 0 Å². The number of ether oxygens (including phenoxy) is 1. The van der Waals surface area contributed by atoms with Crippen molar-refractivity contribution in [2.75, 3.05) is 6.61 Å². The molecule has 1 aliphatic rings. The van der Waals surface area contributed by atoms with Crippen molar-refractivity contribution in [3.05, 3.63) is 88.7 Å². The number of halogens is 3. The van der Waals surface area contributed by atoms with E-state index in [4.69, 9.17) is 4.74 Å². The van der Waals surface area contributed by atoms with E-state index in [1.807, 2.05) is 37.3 Å². The van der Waals surface area contributed by atoms with Gasteiger partial charge in [0, 0.05) is 5.56 Å². The van der Waals surface area contributed by atoms with Gasteiger partial charge in [0.15, 0.2) is 23.2 Å². The van der Waals surface area contributed by atoms with E-state index >= 15 is 0 Å². The van der Waals surface area contributed by atoms with Crippen LogP contribution in [0, 0.1) is 30.3 Å². The van der Waals surface area contributed by atoms with E-state index in [-0.39, 0.29) is 5.82 Å². The molecule has 1 saturated carbocycles. The van der Waals surface area contributed by atoms with Crippen molar-refractivity contribution < 1.29 is 17.9 Å². The van der Waals surface area contributed by atoms with Gasteiger partial charge in [0.25, 0.3) is 0 Å². The minimum atomic E-state index is -0.765. The molecule has 0 amide bonds. The maximum Gasteiger partial charge on any atom is 0.166 e. The van der Waals surface area contributed by atoms with Crippen molar-refractivity contribution in [1.29, 1.82) is 0 Å². The second-order valence-electron chi connectivity index (χ2n) is 9.91. The Hall–Kier alpha value is -2.75. The largest absolute Gasteiger partial charge is 0.491 e. The molecule has 1 fully saturated rings. The number of aryl methyl sites for hydroxylation is 2. The highest BCUT2D eigenvalue weighted by Crippen LogP contribution is 2.39. The Morgan fingerprint density at radius 1 is 0.857 bits per heavy atom. The molecule has 0 aliphatic heterocycles. The number of hydrogen-bond acceptors (Lipinski definition) is 1. The number of unbranched alkanes of at least 4 members (excludes halogenated alkanes) is 1. The molecule has 186 valence electrons. The highest BCUT2D eigenvalue weighted by atomic mass is 19.2. The molecular weight excluding hydrogens is 445 g/mol. The molecule has 35 heavy (non-hydrogen) atoms. The summed E-state index contributed by atoms with van der Waals surface area (Å²) in [7, 11) is 0. The lowest BCUT2D eigenvalue weighted by molar-refractivity contribution is 0.292. The summed E-state index contributed by atoms with van der Waals surface area (Å²) < 4.78 is 49.6. The molecule has 0 bridgehead atoms. The van der Waals surface area contributed by atoms with E-state index in [0.29, 0.717) is 47.3 Å². The fraction of sp³-hybridized carbons (Fsp3) is 0.419. The van der Waals surface area contributed by atoms with E-state index in [1.165, 1.54) is 0 Å². The lowest BCUT2D eigenvalue weighted by atomic mass is 9.77. The summed E-state index contributed by atoms with van der Waals surface area (Å²) in [6.45, 7) is 4.59. The zero-order valence-corrected chi connectivity index (χ0v) is 20.8. The van der Waals surface area contributed by atoms with Crippen LogP contribution in [0.5, 0.6) is 5.75 Å².